The summed E-state index contributed by atoms with van der Waals surface area (Å²) in [5.41, 5.74) is 6.88. The molecular formula is C17H23N3. The van der Waals surface area contributed by atoms with Gasteiger partial charge < -0.3 is 0 Å². The summed E-state index contributed by atoms with van der Waals surface area (Å²) < 4.78 is 0. The maximum absolute atomic E-state index is 5.80. The predicted molar refractivity (Wildman–Crippen MR) is 83.1 cm³/mol. The van der Waals surface area contributed by atoms with Crippen molar-refractivity contribution < 1.29 is 0 Å². The second-order valence-corrected chi connectivity index (χ2v) is 6.12. The molecule has 0 radical (unpaired) electrons. The lowest BCUT2D eigenvalue weighted by molar-refractivity contribution is 0.518. The van der Waals surface area contributed by atoms with Crippen LogP contribution in [0.25, 0.3) is 0 Å². The molecule has 0 aliphatic rings. The number of nitrogens with one attached hydrogen (secondary N) is 1. The van der Waals surface area contributed by atoms with Gasteiger partial charge in [0, 0.05) is 12.4 Å². The summed E-state index contributed by atoms with van der Waals surface area (Å²) in [4.78, 5) is 4.06. The first-order valence-electron chi connectivity index (χ1n) is 6.97. The van der Waals surface area contributed by atoms with Gasteiger partial charge >= 0.3 is 0 Å². The molecule has 2 aromatic rings. The first-order chi connectivity index (χ1) is 9.52. The molecule has 1 aromatic heterocycles. The van der Waals surface area contributed by atoms with Crippen LogP contribution in [0.5, 0.6) is 0 Å². The highest BCUT2D eigenvalue weighted by atomic mass is 15.2. The molecule has 0 spiro atoms. The van der Waals surface area contributed by atoms with Gasteiger partial charge in [-0.15, -0.1) is 0 Å². The van der Waals surface area contributed by atoms with Gasteiger partial charge in [0.05, 0.1) is 6.04 Å². The van der Waals surface area contributed by atoms with E-state index in [1.807, 2.05) is 24.5 Å². The molecule has 1 aromatic carbocycles. The Morgan fingerprint density at radius 2 is 1.75 bits per heavy atom. The largest absolute Gasteiger partial charge is 0.271 e. The SMILES string of the molecule is CC(C)(C)c1ccccc1C(Cc1ccncc1)NN. The van der Waals surface area contributed by atoms with Crippen LogP contribution in [-0.2, 0) is 11.8 Å². The number of benzene rings is 1. The van der Waals surface area contributed by atoms with Crippen LogP contribution in [-0.4, -0.2) is 4.98 Å². The highest BCUT2D eigenvalue weighted by Crippen LogP contribution is 2.30. The molecule has 1 heterocycles. The number of pyridine rings is 1. The molecule has 0 bridgehead atoms. The number of hydrogen-bond acceptors (Lipinski definition) is 3. The fourth-order valence-electron chi connectivity index (χ4n) is 2.50. The molecule has 0 aliphatic carbocycles. The lowest BCUT2D eigenvalue weighted by Crippen LogP contribution is -2.31. The lowest BCUT2D eigenvalue weighted by Gasteiger charge is -2.27. The van der Waals surface area contributed by atoms with Gasteiger partial charge in [-0.05, 0) is 40.7 Å². The fourth-order valence-corrected chi connectivity index (χ4v) is 2.50. The standard InChI is InChI=1S/C17H23N3/c1-17(2,3)15-7-5-4-6-14(15)16(20-18)12-13-8-10-19-11-9-13/h4-11,16,20H,12,18H2,1-3H3. The van der Waals surface area contributed by atoms with Gasteiger partial charge in [0.15, 0.2) is 0 Å². The Morgan fingerprint density at radius 1 is 1.10 bits per heavy atom. The summed E-state index contributed by atoms with van der Waals surface area (Å²) in [7, 11) is 0. The van der Waals surface area contributed by atoms with Crippen molar-refractivity contribution in [3.8, 4) is 0 Å². The monoisotopic (exact) mass is 269 g/mol. The van der Waals surface area contributed by atoms with E-state index in [1.165, 1.54) is 16.7 Å². The summed E-state index contributed by atoms with van der Waals surface area (Å²) in [5, 5.41) is 0. The smallest absolute Gasteiger partial charge is 0.0503 e. The predicted octanol–water partition coefficient (Wildman–Crippen LogP) is 3.13. The number of aromatic nitrogens is 1. The Balaban J connectivity index is 2.33. The molecule has 3 N–H and O–H groups in total. The minimum Gasteiger partial charge on any atom is -0.271 e. The van der Waals surface area contributed by atoms with E-state index >= 15 is 0 Å². The second kappa shape index (κ2) is 6.16. The van der Waals surface area contributed by atoms with Crippen LogP contribution in [0, 0.1) is 0 Å². The Kier molecular flexibility index (Phi) is 4.53. The van der Waals surface area contributed by atoms with Gasteiger partial charge in [0.1, 0.15) is 0 Å². The minimum atomic E-state index is 0.101. The van der Waals surface area contributed by atoms with E-state index in [4.69, 9.17) is 5.84 Å². The van der Waals surface area contributed by atoms with Gasteiger partial charge in [-0.1, -0.05) is 45.0 Å². The molecule has 0 saturated carbocycles. The third kappa shape index (κ3) is 3.44. The molecule has 1 atom stereocenters. The number of nitrogens with zero attached hydrogens (tertiary/aromatic N) is 1. The summed E-state index contributed by atoms with van der Waals surface area (Å²) in [6.07, 6.45) is 4.49. The molecule has 0 fully saturated rings. The third-order valence-electron chi connectivity index (χ3n) is 3.53. The molecule has 2 rings (SSSR count). The van der Waals surface area contributed by atoms with Gasteiger partial charge in [-0.3, -0.25) is 16.3 Å². The van der Waals surface area contributed by atoms with Crippen molar-refractivity contribution in [1.29, 1.82) is 0 Å². The molecule has 3 heteroatoms. The zero-order chi connectivity index (χ0) is 14.6. The van der Waals surface area contributed by atoms with Crippen molar-refractivity contribution in [3.05, 3.63) is 65.5 Å². The zero-order valence-corrected chi connectivity index (χ0v) is 12.4. The Bertz CT molecular complexity index is 544. The van der Waals surface area contributed by atoms with Crippen molar-refractivity contribution >= 4 is 0 Å². The van der Waals surface area contributed by atoms with Crippen LogP contribution < -0.4 is 11.3 Å². The summed E-state index contributed by atoms with van der Waals surface area (Å²) in [6, 6.07) is 12.7. The molecular weight excluding hydrogens is 246 g/mol. The maximum Gasteiger partial charge on any atom is 0.0503 e. The molecule has 0 amide bonds. The first kappa shape index (κ1) is 14.7. The van der Waals surface area contributed by atoms with Crippen molar-refractivity contribution in [2.75, 3.05) is 0 Å². The maximum atomic E-state index is 5.80. The molecule has 3 nitrogen and oxygen atoms in total. The summed E-state index contributed by atoms with van der Waals surface area (Å²) >= 11 is 0. The molecule has 106 valence electrons. The Labute approximate surface area is 121 Å². The zero-order valence-electron chi connectivity index (χ0n) is 12.4. The quantitative estimate of drug-likeness (QED) is 0.662. The van der Waals surface area contributed by atoms with E-state index in [2.05, 4.69) is 55.4 Å². The summed E-state index contributed by atoms with van der Waals surface area (Å²) in [6.45, 7) is 6.68. The Hall–Kier alpha value is -1.71. The topological polar surface area (TPSA) is 50.9 Å². The Morgan fingerprint density at radius 3 is 2.35 bits per heavy atom. The third-order valence-corrected chi connectivity index (χ3v) is 3.53. The van der Waals surface area contributed by atoms with Crippen LogP contribution >= 0.6 is 0 Å². The van der Waals surface area contributed by atoms with Crippen LogP contribution in [0.1, 0.15) is 43.5 Å². The van der Waals surface area contributed by atoms with Crippen molar-refractivity contribution in [3.63, 3.8) is 0 Å². The van der Waals surface area contributed by atoms with Crippen molar-refractivity contribution in [2.24, 2.45) is 5.84 Å². The second-order valence-electron chi connectivity index (χ2n) is 6.12. The van der Waals surface area contributed by atoms with Gasteiger partial charge in [0.25, 0.3) is 0 Å². The van der Waals surface area contributed by atoms with E-state index in [0.29, 0.717) is 0 Å². The highest BCUT2D eigenvalue weighted by molar-refractivity contribution is 5.36. The number of hydrazine groups is 1. The average Bonchev–Trinajstić information content (AvgIpc) is 2.45. The van der Waals surface area contributed by atoms with Crippen molar-refractivity contribution in [1.82, 2.24) is 10.4 Å². The number of nitrogens with two attached hydrogens (primary N) is 1. The lowest BCUT2D eigenvalue weighted by atomic mass is 9.81. The van der Waals surface area contributed by atoms with Gasteiger partial charge in [-0.2, -0.15) is 0 Å². The van der Waals surface area contributed by atoms with Crippen LogP contribution in [0.3, 0.4) is 0 Å². The minimum absolute atomic E-state index is 0.101. The van der Waals surface area contributed by atoms with Crippen LogP contribution in [0.15, 0.2) is 48.8 Å². The average molecular weight is 269 g/mol. The molecule has 20 heavy (non-hydrogen) atoms. The highest BCUT2D eigenvalue weighted by Gasteiger charge is 2.22. The van der Waals surface area contributed by atoms with Crippen LogP contribution in [0.2, 0.25) is 0 Å². The van der Waals surface area contributed by atoms with Crippen molar-refractivity contribution in [2.45, 2.75) is 38.6 Å². The van der Waals surface area contributed by atoms with Gasteiger partial charge in [-0.25, -0.2) is 0 Å². The normalized spacial score (nSPS) is 13.2. The molecule has 1 unspecified atom stereocenters. The van der Waals surface area contributed by atoms with Crippen LogP contribution in [0.4, 0.5) is 0 Å². The van der Waals surface area contributed by atoms with E-state index < -0.39 is 0 Å². The first-order valence-corrected chi connectivity index (χ1v) is 6.97. The molecule has 0 aliphatic heterocycles. The van der Waals surface area contributed by atoms with E-state index in [0.717, 1.165) is 6.42 Å². The summed E-state index contributed by atoms with van der Waals surface area (Å²) in [5.74, 6) is 5.80. The van der Waals surface area contributed by atoms with E-state index in [-0.39, 0.29) is 11.5 Å². The van der Waals surface area contributed by atoms with E-state index in [9.17, 15) is 0 Å². The molecule has 0 saturated heterocycles. The number of hydrogen-bond donors (Lipinski definition) is 2. The van der Waals surface area contributed by atoms with E-state index in [1.54, 1.807) is 0 Å². The number of rotatable bonds is 4. The van der Waals surface area contributed by atoms with Gasteiger partial charge in [0.2, 0.25) is 0 Å². The fraction of sp³-hybridized carbons (Fsp3) is 0.353.